The van der Waals surface area contributed by atoms with Gasteiger partial charge in [0.05, 0.1) is 13.7 Å². The second-order valence-corrected chi connectivity index (χ2v) is 4.86. The molecule has 0 bridgehead atoms. The molecule has 0 amide bonds. The monoisotopic (exact) mass is 274 g/mol. The van der Waals surface area contributed by atoms with Crippen LogP contribution in [0.4, 0.5) is 0 Å². The van der Waals surface area contributed by atoms with Crippen LogP contribution in [0.5, 0.6) is 11.5 Å². The smallest absolute Gasteiger partial charge is 0.188 e. The van der Waals surface area contributed by atoms with Gasteiger partial charge in [0, 0.05) is 12.5 Å². The lowest BCUT2D eigenvalue weighted by atomic mass is 10.1. The number of benzene rings is 1. The molecule has 1 aliphatic heterocycles. The largest absolute Gasteiger partial charge is 0.493 e. The van der Waals surface area contributed by atoms with E-state index in [4.69, 9.17) is 15.2 Å². The van der Waals surface area contributed by atoms with Gasteiger partial charge in [-0.15, -0.1) is 0 Å². The number of nitrogens with zero attached hydrogens (tertiary/aromatic N) is 3. The number of ether oxygens (including phenoxy) is 2. The lowest BCUT2D eigenvalue weighted by molar-refractivity contribution is 0.275. The van der Waals surface area contributed by atoms with E-state index in [0.29, 0.717) is 23.9 Å². The van der Waals surface area contributed by atoms with E-state index < -0.39 is 0 Å². The summed E-state index contributed by atoms with van der Waals surface area (Å²) < 4.78 is 12.8. The van der Waals surface area contributed by atoms with Crippen molar-refractivity contribution in [2.75, 3.05) is 7.11 Å². The number of methoxy groups -OCH3 is 1. The predicted octanol–water partition coefficient (Wildman–Crippen LogP) is 1.14. The summed E-state index contributed by atoms with van der Waals surface area (Å²) in [4.78, 5) is 4.49. The molecule has 0 saturated carbocycles. The maximum Gasteiger partial charge on any atom is 0.188 e. The van der Waals surface area contributed by atoms with Gasteiger partial charge in [-0.3, -0.25) is 0 Å². The van der Waals surface area contributed by atoms with Gasteiger partial charge in [0.2, 0.25) is 0 Å². The Morgan fingerprint density at radius 3 is 2.95 bits per heavy atom. The van der Waals surface area contributed by atoms with E-state index in [1.165, 1.54) is 0 Å². The average molecular weight is 274 g/mol. The molecule has 1 unspecified atom stereocenters. The third-order valence-electron chi connectivity index (χ3n) is 3.36. The highest BCUT2D eigenvalue weighted by molar-refractivity contribution is 5.39. The van der Waals surface area contributed by atoms with Gasteiger partial charge in [0.15, 0.2) is 17.3 Å². The Labute approximate surface area is 117 Å². The first-order valence-electron chi connectivity index (χ1n) is 6.70. The van der Waals surface area contributed by atoms with Crippen molar-refractivity contribution in [3.05, 3.63) is 35.9 Å². The van der Waals surface area contributed by atoms with Crippen molar-refractivity contribution in [3.8, 4) is 11.5 Å². The molecule has 106 valence electrons. The van der Waals surface area contributed by atoms with Crippen LogP contribution in [0.3, 0.4) is 0 Å². The van der Waals surface area contributed by atoms with Crippen LogP contribution in [-0.4, -0.2) is 27.9 Å². The van der Waals surface area contributed by atoms with E-state index in [1.54, 1.807) is 7.11 Å². The van der Waals surface area contributed by atoms with Crippen molar-refractivity contribution in [2.24, 2.45) is 5.73 Å². The average Bonchev–Trinajstić information content (AvgIpc) is 2.87. The zero-order valence-electron chi connectivity index (χ0n) is 11.5. The highest BCUT2D eigenvalue weighted by atomic mass is 16.5. The Morgan fingerprint density at radius 1 is 1.35 bits per heavy atom. The molecule has 2 heterocycles. The van der Waals surface area contributed by atoms with E-state index in [1.807, 2.05) is 28.9 Å². The van der Waals surface area contributed by atoms with Gasteiger partial charge in [-0.05, 0) is 18.6 Å². The minimum Gasteiger partial charge on any atom is -0.493 e. The molecule has 1 atom stereocenters. The molecular formula is C14H18N4O2. The van der Waals surface area contributed by atoms with Gasteiger partial charge in [-0.25, -0.2) is 9.67 Å². The highest BCUT2D eigenvalue weighted by Gasteiger charge is 2.19. The Hall–Kier alpha value is -2.08. The predicted molar refractivity (Wildman–Crippen MR) is 73.6 cm³/mol. The molecule has 6 heteroatoms. The number of hydrogen-bond acceptors (Lipinski definition) is 5. The van der Waals surface area contributed by atoms with Crippen LogP contribution in [0.1, 0.15) is 18.1 Å². The van der Waals surface area contributed by atoms with Crippen LogP contribution >= 0.6 is 0 Å². The number of rotatable bonds is 4. The van der Waals surface area contributed by atoms with E-state index >= 15 is 0 Å². The van der Waals surface area contributed by atoms with Gasteiger partial charge in [0.25, 0.3) is 0 Å². The molecule has 3 rings (SSSR count). The normalized spacial score (nSPS) is 17.6. The minimum absolute atomic E-state index is 0.173. The lowest BCUT2D eigenvalue weighted by Crippen LogP contribution is -2.32. The van der Waals surface area contributed by atoms with Crippen LogP contribution in [0, 0.1) is 0 Å². The Morgan fingerprint density at radius 2 is 2.15 bits per heavy atom. The minimum atomic E-state index is 0.173. The van der Waals surface area contributed by atoms with Crippen molar-refractivity contribution >= 4 is 0 Å². The Balaban J connectivity index is 1.70. The molecule has 0 spiro atoms. The van der Waals surface area contributed by atoms with Crippen LogP contribution < -0.4 is 15.2 Å². The lowest BCUT2D eigenvalue weighted by Gasteiger charge is -2.17. The van der Waals surface area contributed by atoms with E-state index in [-0.39, 0.29) is 6.04 Å². The van der Waals surface area contributed by atoms with Crippen LogP contribution in [0.2, 0.25) is 0 Å². The van der Waals surface area contributed by atoms with Crippen molar-refractivity contribution in [3.63, 3.8) is 0 Å². The third kappa shape index (κ3) is 2.60. The molecule has 1 aromatic carbocycles. The van der Waals surface area contributed by atoms with Crippen molar-refractivity contribution < 1.29 is 9.47 Å². The van der Waals surface area contributed by atoms with Gasteiger partial charge >= 0.3 is 0 Å². The molecular weight excluding hydrogens is 256 g/mol. The van der Waals surface area contributed by atoms with Crippen LogP contribution in [-0.2, 0) is 19.6 Å². The third-order valence-corrected chi connectivity index (χ3v) is 3.36. The van der Waals surface area contributed by atoms with Crippen LogP contribution in [0.25, 0.3) is 0 Å². The fraction of sp³-hybridized carbons (Fsp3) is 0.429. The second kappa shape index (κ2) is 5.50. The number of aryl methyl sites for hydroxylation is 1. The topological polar surface area (TPSA) is 75.2 Å². The molecule has 0 radical (unpaired) electrons. The van der Waals surface area contributed by atoms with Gasteiger partial charge in [-0.1, -0.05) is 12.1 Å². The fourth-order valence-electron chi connectivity index (χ4n) is 2.33. The van der Waals surface area contributed by atoms with Crippen LogP contribution in [0.15, 0.2) is 24.3 Å². The second-order valence-electron chi connectivity index (χ2n) is 4.86. The summed E-state index contributed by atoms with van der Waals surface area (Å²) in [6, 6.07) is 7.71. The van der Waals surface area contributed by atoms with E-state index in [9.17, 15) is 0 Å². The maximum atomic E-state index is 5.93. The zero-order valence-corrected chi connectivity index (χ0v) is 11.5. The summed E-state index contributed by atoms with van der Waals surface area (Å²) in [7, 11) is 1.62. The summed E-state index contributed by atoms with van der Waals surface area (Å²) in [5, 5.41) is 4.43. The summed E-state index contributed by atoms with van der Waals surface area (Å²) in [6.45, 7) is 1.06. The first-order chi connectivity index (χ1) is 9.76. The number of aromatic nitrogens is 3. The van der Waals surface area contributed by atoms with Crippen molar-refractivity contribution in [2.45, 2.75) is 32.0 Å². The molecule has 0 aliphatic carbocycles. The summed E-state index contributed by atoms with van der Waals surface area (Å²) in [5.41, 5.74) is 5.93. The summed E-state index contributed by atoms with van der Waals surface area (Å²) >= 11 is 0. The molecule has 2 aromatic rings. The quantitative estimate of drug-likeness (QED) is 0.905. The number of nitrogens with two attached hydrogens (primary N) is 1. The molecule has 0 saturated heterocycles. The Kier molecular flexibility index (Phi) is 3.56. The van der Waals surface area contributed by atoms with Gasteiger partial charge < -0.3 is 15.2 Å². The van der Waals surface area contributed by atoms with Crippen molar-refractivity contribution in [1.29, 1.82) is 0 Å². The fourth-order valence-corrected chi connectivity index (χ4v) is 2.33. The molecule has 0 fully saturated rings. The summed E-state index contributed by atoms with van der Waals surface area (Å²) in [5.74, 6) is 3.07. The van der Waals surface area contributed by atoms with Gasteiger partial charge in [0.1, 0.15) is 12.4 Å². The standard InChI is InChI=1S/C14H18N4O2/c1-19-11-4-2-3-5-12(11)20-9-13-16-14-7-6-10(15)8-18(14)17-13/h2-5,10H,6-9,15H2,1H3. The van der Waals surface area contributed by atoms with E-state index in [0.717, 1.165) is 25.2 Å². The number of hydrogen-bond donors (Lipinski definition) is 1. The number of para-hydroxylation sites is 2. The first kappa shape index (κ1) is 12.9. The zero-order chi connectivity index (χ0) is 13.9. The molecule has 2 N–H and O–H groups in total. The van der Waals surface area contributed by atoms with E-state index in [2.05, 4.69) is 10.1 Å². The first-order valence-corrected chi connectivity index (χ1v) is 6.70. The SMILES string of the molecule is COc1ccccc1OCc1nc2n(n1)CC(N)CC2. The van der Waals surface area contributed by atoms with Crippen molar-refractivity contribution in [1.82, 2.24) is 14.8 Å². The highest BCUT2D eigenvalue weighted by Crippen LogP contribution is 2.26. The molecule has 1 aromatic heterocycles. The summed E-state index contributed by atoms with van der Waals surface area (Å²) in [6.07, 6.45) is 1.84. The molecule has 6 nitrogen and oxygen atoms in total. The maximum absolute atomic E-state index is 5.93. The van der Waals surface area contributed by atoms with Gasteiger partial charge in [-0.2, -0.15) is 5.10 Å². The Bertz CT molecular complexity index is 597. The number of fused-ring (bicyclic) bond motifs is 1. The molecule has 1 aliphatic rings. The molecule has 20 heavy (non-hydrogen) atoms.